The number of nitriles is 1. The van der Waals surface area contributed by atoms with Gasteiger partial charge in [-0.15, -0.1) is 0 Å². The third-order valence-electron chi connectivity index (χ3n) is 3.29. The third kappa shape index (κ3) is 2.51. The number of alkyl halides is 3. The van der Waals surface area contributed by atoms with Gasteiger partial charge in [0.25, 0.3) is 0 Å². The fraction of sp³-hybridized carbons (Fsp3) is 0.0667. The Morgan fingerprint density at radius 2 is 1.91 bits per heavy atom. The summed E-state index contributed by atoms with van der Waals surface area (Å²) < 4.78 is 54.2. The van der Waals surface area contributed by atoms with Crippen molar-refractivity contribution >= 4 is 17.1 Å². The van der Waals surface area contributed by atoms with Crippen molar-refractivity contribution in [1.82, 2.24) is 9.61 Å². The zero-order valence-corrected chi connectivity index (χ0v) is 12.0. The maximum atomic E-state index is 14.2. The molecule has 0 bridgehead atoms. The van der Waals surface area contributed by atoms with Crippen LogP contribution in [0.15, 0.2) is 36.5 Å². The molecule has 2 heterocycles. The summed E-state index contributed by atoms with van der Waals surface area (Å²) in [5.74, 6) is -0.739. The number of halogens is 5. The van der Waals surface area contributed by atoms with Crippen LogP contribution in [-0.2, 0) is 6.18 Å². The lowest BCUT2D eigenvalue weighted by Crippen LogP contribution is -2.13. The van der Waals surface area contributed by atoms with Gasteiger partial charge in [0.05, 0.1) is 23.3 Å². The van der Waals surface area contributed by atoms with Gasteiger partial charge in [0.1, 0.15) is 11.5 Å². The van der Waals surface area contributed by atoms with Crippen LogP contribution in [0, 0.1) is 17.1 Å². The molecule has 3 aromatic rings. The molecule has 23 heavy (non-hydrogen) atoms. The highest BCUT2D eigenvalue weighted by Crippen LogP contribution is 2.37. The lowest BCUT2D eigenvalue weighted by molar-refractivity contribution is -0.142. The molecule has 116 valence electrons. The second-order valence-electron chi connectivity index (χ2n) is 4.68. The smallest absolute Gasteiger partial charge is 0.228 e. The molecular weight excluding hydrogens is 334 g/mol. The van der Waals surface area contributed by atoms with Crippen LogP contribution < -0.4 is 0 Å². The summed E-state index contributed by atoms with van der Waals surface area (Å²) in [7, 11) is 0. The molecule has 0 aliphatic heterocycles. The number of hydrogen-bond acceptors (Lipinski definition) is 2. The van der Waals surface area contributed by atoms with Gasteiger partial charge in [0.15, 0.2) is 0 Å². The minimum atomic E-state index is -4.70. The van der Waals surface area contributed by atoms with E-state index >= 15 is 0 Å². The minimum absolute atomic E-state index is 0.0161. The molecule has 0 aliphatic rings. The molecule has 1 aromatic carbocycles. The summed E-state index contributed by atoms with van der Waals surface area (Å²) in [6.45, 7) is 0. The zero-order chi connectivity index (χ0) is 16.8. The summed E-state index contributed by atoms with van der Waals surface area (Å²) >= 11 is 5.69. The van der Waals surface area contributed by atoms with E-state index in [4.69, 9.17) is 11.6 Å². The van der Waals surface area contributed by atoms with Crippen molar-refractivity contribution in [3.05, 3.63) is 58.6 Å². The Hall–Kier alpha value is -2.59. The molecular formula is C15H6ClF4N3. The Labute approximate surface area is 132 Å². The van der Waals surface area contributed by atoms with E-state index in [1.54, 1.807) is 6.07 Å². The first-order valence-corrected chi connectivity index (χ1v) is 6.64. The molecule has 0 aliphatic carbocycles. The molecule has 3 rings (SSSR count). The van der Waals surface area contributed by atoms with Gasteiger partial charge in [-0.2, -0.15) is 23.5 Å². The SMILES string of the molecule is N#Cc1cc(C(F)(F)F)n2nccc2c1-c1ccc(Cl)cc1F. The van der Waals surface area contributed by atoms with Crippen LogP contribution in [-0.4, -0.2) is 9.61 Å². The Morgan fingerprint density at radius 1 is 1.17 bits per heavy atom. The monoisotopic (exact) mass is 339 g/mol. The van der Waals surface area contributed by atoms with Crippen molar-refractivity contribution in [2.75, 3.05) is 0 Å². The molecule has 0 radical (unpaired) electrons. The van der Waals surface area contributed by atoms with E-state index in [1.807, 2.05) is 0 Å². The predicted molar refractivity (Wildman–Crippen MR) is 75.3 cm³/mol. The normalized spacial score (nSPS) is 11.7. The Balaban J connectivity index is 2.43. The van der Waals surface area contributed by atoms with Crippen LogP contribution in [0.4, 0.5) is 17.6 Å². The van der Waals surface area contributed by atoms with Crippen LogP contribution in [0.3, 0.4) is 0 Å². The van der Waals surface area contributed by atoms with Crippen LogP contribution in [0.5, 0.6) is 0 Å². The average molecular weight is 340 g/mol. The molecule has 0 saturated heterocycles. The van der Waals surface area contributed by atoms with Gasteiger partial charge in [-0.05, 0) is 30.3 Å². The molecule has 8 heteroatoms. The Bertz CT molecular complexity index is 954. The van der Waals surface area contributed by atoms with E-state index in [9.17, 15) is 22.8 Å². The molecule has 2 aromatic heterocycles. The van der Waals surface area contributed by atoms with Gasteiger partial charge >= 0.3 is 6.18 Å². The van der Waals surface area contributed by atoms with E-state index in [1.165, 1.54) is 18.2 Å². The predicted octanol–water partition coefficient (Wildman–Crippen LogP) is 4.68. The Kier molecular flexibility index (Phi) is 3.49. The fourth-order valence-corrected chi connectivity index (χ4v) is 2.52. The van der Waals surface area contributed by atoms with E-state index in [2.05, 4.69) is 5.10 Å². The van der Waals surface area contributed by atoms with Crippen molar-refractivity contribution in [3.63, 3.8) is 0 Å². The fourth-order valence-electron chi connectivity index (χ4n) is 2.36. The standard InChI is InChI=1S/C15H6ClF4N3/c16-9-1-2-10(11(17)6-9)14-8(7-21)5-13(15(18,19)20)23-12(14)3-4-22-23/h1-6H. The molecule has 0 amide bonds. The zero-order valence-electron chi connectivity index (χ0n) is 11.2. The lowest BCUT2D eigenvalue weighted by atomic mass is 9.98. The van der Waals surface area contributed by atoms with Crippen molar-refractivity contribution in [2.24, 2.45) is 0 Å². The Morgan fingerprint density at radius 3 is 2.52 bits per heavy atom. The molecule has 0 saturated carbocycles. The van der Waals surface area contributed by atoms with Crippen LogP contribution in [0.25, 0.3) is 16.6 Å². The maximum Gasteiger partial charge on any atom is 0.433 e. The number of hydrogen-bond donors (Lipinski definition) is 0. The van der Waals surface area contributed by atoms with Crippen LogP contribution in [0.1, 0.15) is 11.3 Å². The van der Waals surface area contributed by atoms with Crippen LogP contribution in [0.2, 0.25) is 5.02 Å². The highest BCUT2D eigenvalue weighted by Gasteiger charge is 2.35. The summed E-state index contributed by atoms with van der Waals surface area (Å²) in [5.41, 5.74) is -1.41. The number of rotatable bonds is 1. The summed E-state index contributed by atoms with van der Waals surface area (Å²) in [4.78, 5) is 0. The van der Waals surface area contributed by atoms with Gasteiger partial charge in [-0.25, -0.2) is 8.91 Å². The number of aromatic nitrogens is 2. The number of fused-ring (bicyclic) bond motifs is 1. The summed E-state index contributed by atoms with van der Waals surface area (Å²) in [6.07, 6.45) is -3.55. The molecule has 3 nitrogen and oxygen atoms in total. The van der Waals surface area contributed by atoms with Crippen molar-refractivity contribution in [3.8, 4) is 17.2 Å². The second-order valence-corrected chi connectivity index (χ2v) is 5.12. The van der Waals surface area contributed by atoms with Gasteiger partial charge < -0.3 is 0 Å². The van der Waals surface area contributed by atoms with Gasteiger partial charge in [-0.3, -0.25) is 0 Å². The first-order chi connectivity index (χ1) is 10.8. The molecule has 0 fully saturated rings. The molecule has 0 atom stereocenters. The van der Waals surface area contributed by atoms with Crippen molar-refractivity contribution in [2.45, 2.75) is 6.18 Å². The van der Waals surface area contributed by atoms with Crippen molar-refractivity contribution < 1.29 is 17.6 Å². The molecule has 0 unspecified atom stereocenters. The third-order valence-corrected chi connectivity index (χ3v) is 3.52. The second kappa shape index (κ2) is 5.25. The minimum Gasteiger partial charge on any atom is -0.228 e. The van der Waals surface area contributed by atoms with Gasteiger partial charge in [0, 0.05) is 16.1 Å². The van der Waals surface area contributed by atoms with Gasteiger partial charge in [0.2, 0.25) is 0 Å². The van der Waals surface area contributed by atoms with E-state index in [0.717, 1.165) is 12.3 Å². The first kappa shape index (κ1) is 15.3. The van der Waals surface area contributed by atoms with Crippen molar-refractivity contribution in [1.29, 1.82) is 5.26 Å². The van der Waals surface area contributed by atoms with E-state index in [0.29, 0.717) is 10.6 Å². The lowest BCUT2D eigenvalue weighted by Gasteiger charge is -2.14. The highest BCUT2D eigenvalue weighted by molar-refractivity contribution is 6.30. The first-order valence-electron chi connectivity index (χ1n) is 6.26. The molecule has 0 spiro atoms. The maximum absolute atomic E-state index is 14.2. The quantitative estimate of drug-likeness (QED) is 0.604. The number of nitrogens with zero attached hydrogens (tertiary/aromatic N) is 3. The number of pyridine rings is 1. The summed E-state index contributed by atoms with van der Waals surface area (Å²) in [5, 5.41) is 13.0. The number of benzene rings is 1. The van der Waals surface area contributed by atoms with E-state index < -0.39 is 17.7 Å². The summed E-state index contributed by atoms with van der Waals surface area (Å²) in [6, 6.07) is 7.38. The van der Waals surface area contributed by atoms with Crippen LogP contribution >= 0.6 is 11.6 Å². The largest absolute Gasteiger partial charge is 0.433 e. The average Bonchev–Trinajstić information content (AvgIpc) is 2.94. The topological polar surface area (TPSA) is 41.1 Å². The highest BCUT2D eigenvalue weighted by atomic mass is 35.5. The van der Waals surface area contributed by atoms with Gasteiger partial charge in [-0.1, -0.05) is 11.6 Å². The van der Waals surface area contributed by atoms with E-state index in [-0.39, 0.29) is 27.2 Å². The molecule has 0 N–H and O–H groups in total.